The first-order valence-electron chi connectivity index (χ1n) is 4.94. The lowest BCUT2D eigenvalue weighted by molar-refractivity contribution is 2.04. The van der Waals surface area contributed by atoms with Crippen LogP contribution in [0.2, 0.25) is 0 Å². The summed E-state index contributed by atoms with van der Waals surface area (Å²) >= 11 is 5.66. The Morgan fingerprint density at radius 2 is 1.00 bits per heavy atom. The fourth-order valence-corrected chi connectivity index (χ4v) is 9.11. The lowest BCUT2D eigenvalue weighted by Gasteiger charge is -2.02. The smallest absolute Gasteiger partial charge is 0.107 e. The molecule has 16 heavy (non-hydrogen) atoms. The maximum atomic E-state index is 2.28. The fraction of sp³-hybridized carbons (Fsp3) is 0. The molecule has 0 bridgehead atoms. The van der Waals surface area contributed by atoms with Crippen LogP contribution in [0.4, 0.5) is 0 Å². The van der Waals surface area contributed by atoms with Gasteiger partial charge in [0, 0.05) is 0 Å². The average molecular weight is 281 g/mol. The van der Waals surface area contributed by atoms with Gasteiger partial charge in [0.25, 0.3) is 0 Å². The van der Waals surface area contributed by atoms with Crippen LogP contribution in [0.15, 0.2) is 52.5 Å². The highest BCUT2D eigenvalue weighted by atomic mass is 32.1. The molecular formula is C12H10PS3+. The van der Waals surface area contributed by atoms with E-state index in [1.165, 1.54) is 13.9 Å². The number of rotatable bonds is 3. The molecule has 3 aromatic rings. The quantitative estimate of drug-likeness (QED) is 0.646. The maximum absolute atomic E-state index is 2.28. The molecular weight excluding hydrogens is 271 g/mol. The van der Waals surface area contributed by atoms with Gasteiger partial charge in [-0.2, -0.15) is 0 Å². The zero-order valence-electron chi connectivity index (χ0n) is 8.42. The lowest BCUT2D eigenvalue weighted by Crippen LogP contribution is -2.13. The Labute approximate surface area is 108 Å². The molecule has 0 saturated carbocycles. The highest BCUT2D eigenvalue weighted by Crippen LogP contribution is 2.37. The highest BCUT2D eigenvalue weighted by Gasteiger charge is 2.28. The van der Waals surface area contributed by atoms with Gasteiger partial charge in [-0.15, -0.1) is 34.0 Å². The van der Waals surface area contributed by atoms with Crippen LogP contribution in [-0.2, 0) is 0 Å². The number of hydrogen-bond acceptors (Lipinski definition) is 3. The summed E-state index contributed by atoms with van der Waals surface area (Å²) in [4.78, 5) is 0. The van der Waals surface area contributed by atoms with Gasteiger partial charge < -0.3 is 0 Å². The molecule has 0 unspecified atom stereocenters. The van der Waals surface area contributed by atoms with E-state index in [0.717, 1.165) is 0 Å². The molecule has 3 aromatic heterocycles. The van der Waals surface area contributed by atoms with Crippen LogP contribution in [0.1, 0.15) is 0 Å². The molecule has 0 radical (unpaired) electrons. The van der Waals surface area contributed by atoms with Crippen LogP contribution in [0.25, 0.3) is 0 Å². The van der Waals surface area contributed by atoms with E-state index in [1.807, 2.05) is 34.0 Å². The molecule has 0 atom stereocenters. The number of thiophene rings is 3. The first kappa shape index (κ1) is 10.7. The second-order valence-corrected chi connectivity index (χ2v) is 9.60. The van der Waals surface area contributed by atoms with Gasteiger partial charge in [0.1, 0.15) is 7.92 Å². The Bertz CT molecular complexity index is 441. The first-order chi connectivity index (χ1) is 7.95. The summed E-state index contributed by atoms with van der Waals surface area (Å²) in [5.74, 6) is 0. The van der Waals surface area contributed by atoms with Crippen molar-refractivity contribution in [1.82, 2.24) is 0 Å². The minimum atomic E-state index is -0.693. The third-order valence-corrected chi connectivity index (χ3v) is 9.23. The molecule has 0 nitrogen and oxygen atoms in total. The molecule has 3 heterocycles. The van der Waals surface area contributed by atoms with E-state index in [2.05, 4.69) is 52.5 Å². The van der Waals surface area contributed by atoms with E-state index >= 15 is 0 Å². The van der Waals surface area contributed by atoms with E-state index in [4.69, 9.17) is 0 Å². The second kappa shape index (κ2) is 4.80. The minimum Gasteiger partial charge on any atom is -0.107 e. The molecule has 3 rings (SSSR count). The van der Waals surface area contributed by atoms with Crippen molar-refractivity contribution in [1.29, 1.82) is 0 Å². The van der Waals surface area contributed by atoms with E-state index in [0.29, 0.717) is 0 Å². The van der Waals surface area contributed by atoms with Crippen LogP contribution >= 0.6 is 41.9 Å². The Balaban J connectivity index is 2.09. The normalized spacial score (nSPS) is 11.1. The Morgan fingerprint density at radius 1 is 0.625 bits per heavy atom. The third kappa shape index (κ3) is 2.01. The molecule has 0 fully saturated rings. The predicted octanol–water partition coefficient (Wildman–Crippen LogP) is 3.36. The van der Waals surface area contributed by atoms with Crippen LogP contribution in [0, 0.1) is 0 Å². The standard InChI is InChI=1S/C12H9PS3/c1-4-10(14-7-1)13(11-5-2-8-15-11)12-6-3-9-16-12/h1-9H/p+1. The molecule has 0 aromatic carbocycles. The van der Waals surface area contributed by atoms with E-state index in [1.54, 1.807) is 0 Å². The van der Waals surface area contributed by atoms with Gasteiger partial charge in [-0.3, -0.25) is 0 Å². The summed E-state index contributed by atoms with van der Waals surface area (Å²) < 4.78 is 4.61. The summed E-state index contributed by atoms with van der Waals surface area (Å²) in [6.45, 7) is 0. The molecule has 0 spiro atoms. The van der Waals surface area contributed by atoms with Crippen molar-refractivity contribution < 1.29 is 0 Å². The number of hydrogen-bond donors (Lipinski definition) is 0. The predicted molar refractivity (Wildman–Crippen MR) is 80.2 cm³/mol. The molecule has 80 valence electrons. The minimum absolute atomic E-state index is 0.693. The van der Waals surface area contributed by atoms with Crippen molar-refractivity contribution in [3.63, 3.8) is 0 Å². The van der Waals surface area contributed by atoms with E-state index < -0.39 is 7.92 Å². The van der Waals surface area contributed by atoms with Crippen LogP contribution < -0.4 is 13.9 Å². The maximum Gasteiger partial charge on any atom is 0.156 e. The Kier molecular flexibility index (Phi) is 3.20. The summed E-state index contributed by atoms with van der Waals surface area (Å²) in [5, 5.41) is 6.55. The SMILES string of the molecule is c1csc([PH+](c2cccs2)c2cccs2)c1. The molecule has 0 aliphatic carbocycles. The second-order valence-electron chi connectivity index (χ2n) is 3.31. The van der Waals surface area contributed by atoms with Crippen LogP contribution in [0.5, 0.6) is 0 Å². The first-order valence-corrected chi connectivity index (χ1v) is 9.07. The summed E-state index contributed by atoms with van der Waals surface area (Å²) in [5.41, 5.74) is 0. The van der Waals surface area contributed by atoms with E-state index in [-0.39, 0.29) is 0 Å². The largest absolute Gasteiger partial charge is 0.156 e. The van der Waals surface area contributed by atoms with Gasteiger partial charge in [0.2, 0.25) is 0 Å². The van der Waals surface area contributed by atoms with Crippen molar-refractivity contribution in [2.24, 2.45) is 0 Å². The van der Waals surface area contributed by atoms with Crippen LogP contribution in [-0.4, -0.2) is 0 Å². The summed E-state index contributed by atoms with van der Waals surface area (Å²) in [6, 6.07) is 13.3. The molecule has 0 aliphatic heterocycles. The van der Waals surface area contributed by atoms with Gasteiger partial charge in [0.05, 0.1) is 0 Å². The zero-order valence-corrected chi connectivity index (χ0v) is 11.9. The van der Waals surface area contributed by atoms with Crippen LogP contribution in [0.3, 0.4) is 0 Å². The molecule has 0 amide bonds. The highest BCUT2D eigenvalue weighted by molar-refractivity contribution is 7.90. The van der Waals surface area contributed by atoms with Crippen molar-refractivity contribution in [2.75, 3.05) is 0 Å². The molecule has 4 heteroatoms. The third-order valence-electron chi connectivity index (χ3n) is 2.30. The van der Waals surface area contributed by atoms with Crippen molar-refractivity contribution in [3.8, 4) is 0 Å². The molecule has 0 saturated heterocycles. The van der Waals surface area contributed by atoms with Crippen molar-refractivity contribution in [2.45, 2.75) is 0 Å². The molecule has 0 N–H and O–H groups in total. The fourth-order valence-electron chi connectivity index (χ4n) is 1.63. The summed E-state index contributed by atoms with van der Waals surface area (Å²) in [7, 11) is -0.693. The van der Waals surface area contributed by atoms with Gasteiger partial charge >= 0.3 is 0 Å². The van der Waals surface area contributed by atoms with Gasteiger partial charge in [-0.25, -0.2) is 0 Å². The van der Waals surface area contributed by atoms with Crippen molar-refractivity contribution >= 4 is 55.8 Å². The zero-order chi connectivity index (χ0) is 10.8. The van der Waals surface area contributed by atoms with Gasteiger partial charge in [-0.1, -0.05) is 0 Å². The van der Waals surface area contributed by atoms with Gasteiger partial charge in [0.15, 0.2) is 13.9 Å². The van der Waals surface area contributed by atoms with E-state index in [9.17, 15) is 0 Å². The lowest BCUT2D eigenvalue weighted by atomic mass is 10.7. The Hall–Kier alpha value is -0.470. The Morgan fingerprint density at radius 3 is 1.25 bits per heavy atom. The average Bonchev–Trinajstić information content (AvgIpc) is 3.02. The summed E-state index contributed by atoms with van der Waals surface area (Å²) in [6.07, 6.45) is 0. The topological polar surface area (TPSA) is 0 Å². The van der Waals surface area contributed by atoms with Gasteiger partial charge in [-0.05, 0) is 52.5 Å². The monoisotopic (exact) mass is 281 g/mol. The molecule has 0 aliphatic rings. The van der Waals surface area contributed by atoms with Crippen molar-refractivity contribution in [3.05, 3.63) is 52.5 Å².